The van der Waals surface area contributed by atoms with Crippen LogP contribution in [0.4, 0.5) is 0 Å². The second-order valence-corrected chi connectivity index (χ2v) is 8.51. The van der Waals surface area contributed by atoms with Crippen LogP contribution in [-0.4, -0.2) is 67.2 Å². The van der Waals surface area contributed by atoms with Gasteiger partial charge in [0, 0.05) is 43.8 Å². The first-order valence-electron chi connectivity index (χ1n) is 9.64. The largest absolute Gasteiger partial charge is 0.482 e. The van der Waals surface area contributed by atoms with Crippen molar-refractivity contribution in [3.8, 4) is 5.75 Å². The van der Waals surface area contributed by atoms with E-state index in [0.717, 1.165) is 45.6 Å². The number of carbonyl (C=O) groups excluding carboxylic acids is 1. The van der Waals surface area contributed by atoms with Crippen molar-refractivity contribution in [1.82, 2.24) is 9.80 Å². The number of carbonyl (C=O) groups is 1. The molecular formula is C20H28Cl2N2O3. The van der Waals surface area contributed by atoms with Crippen LogP contribution >= 0.6 is 23.2 Å². The summed E-state index contributed by atoms with van der Waals surface area (Å²) in [6.07, 6.45) is 2.66. The molecule has 2 aliphatic rings. The zero-order chi connectivity index (χ0) is 19.4. The van der Waals surface area contributed by atoms with Crippen LogP contribution < -0.4 is 4.74 Å². The van der Waals surface area contributed by atoms with Gasteiger partial charge in [0.05, 0.1) is 17.2 Å². The van der Waals surface area contributed by atoms with Crippen molar-refractivity contribution >= 4 is 29.1 Å². The summed E-state index contributed by atoms with van der Waals surface area (Å²) >= 11 is 12.0. The quantitative estimate of drug-likeness (QED) is 0.735. The number of rotatable bonds is 5. The van der Waals surface area contributed by atoms with Gasteiger partial charge >= 0.3 is 0 Å². The molecule has 3 rings (SSSR count). The lowest BCUT2D eigenvalue weighted by Gasteiger charge is -2.39. The standard InChI is InChI=1S/C20H28Cl2N2O3/c1-14-10-23(11-15(2)27-14)12-16-5-7-24(8-6-16)20(25)13-26-19-9-17(21)3-4-18(19)22/h3-4,9,14-16H,5-8,10-13H2,1-2H3. The number of halogens is 2. The van der Waals surface area contributed by atoms with E-state index in [0.29, 0.717) is 33.9 Å². The highest BCUT2D eigenvalue weighted by Gasteiger charge is 2.28. The van der Waals surface area contributed by atoms with Crippen molar-refractivity contribution in [1.29, 1.82) is 0 Å². The molecule has 27 heavy (non-hydrogen) atoms. The van der Waals surface area contributed by atoms with Crippen LogP contribution in [0.2, 0.25) is 10.0 Å². The van der Waals surface area contributed by atoms with Crippen LogP contribution in [0.15, 0.2) is 18.2 Å². The van der Waals surface area contributed by atoms with E-state index in [9.17, 15) is 4.79 Å². The van der Waals surface area contributed by atoms with Crippen LogP contribution in [0, 0.1) is 5.92 Å². The van der Waals surface area contributed by atoms with E-state index in [1.165, 1.54) is 0 Å². The highest BCUT2D eigenvalue weighted by Crippen LogP contribution is 2.28. The van der Waals surface area contributed by atoms with Gasteiger partial charge in [0.25, 0.3) is 5.91 Å². The fraction of sp³-hybridized carbons (Fsp3) is 0.650. The van der Waals surface area contributed by atoms with Gasteiger partial charge in [-0.2, -0.15) is 0 Å². The molecule has 0 N–H and O–H groups in total. The van der Waals surface area contributed by atoms with Crippen molar-refractivity contribution in [3.05, 3.63) is 28.2 Å². The molecule has 0 spiro atoms. The minimum atomic E-state index is -0.0107. The van der Waals surface area contributed by atoms with E-state index in [4.69, 9.17) is 32.7 Å². The molecule has 1 amide bonds. The molecular weight excluding hydrogens is 387 g/mol. The Bertz CT molecular complexity index is 640. The third-order valence-electron chi connectivity index (χ3n) is 5.22. The van der Waals surface area contributed by atoms with E-state index in [2.05, 4.69) is 18.7 Å². The van der Waals surface area contributed by atoms with Crippen molar-refractivity contribution in [3.63, 3.8) is 0 Å². The molecule has 2 unspecified atom stereocenters. The monoisotopic (exact) mass is 414 g/mol. The van der Waals surface area contributed by atoms with Gasteiger partial charge in [0.2, 0.25) is 0 Å². The molecule has 0 radical (unpaired) electrons. The lowest BCUT2D eigenvalue weighted by atomic mass is 9.95. The normalized spacial score (nSPS) is 24.8. The van der Waals surface area contributed by atoms with Gasteiger partial charge in [-0.3, -0.25) is 9.69 Å². The molecule has 0 saturated carbocycles. The average molecular weight is 415 g/mol. The number of nitrogens with zero attached hydrogens (tertiary/aromatic N) is 2. The summed E-state index contributed by atoms with van der Waals surface area (Å²) in [4.78, 5) is 16.8. The summed E-state index contributed by atoms with van der Waals surface area (Å²) < 4.78 is 11.4. The van der Waals surface area contributed by atoms with Crippen LogP contribution in [0.25, 0.3) is 0 Å². The van der Waals surface area contributed by atoms with E-state index >= 15 is 0 Å². The van der Waals surface area contributed by atoms with E-state index < -0.39 is 0 Å². The van der Waals surface area contributed by atoms with Gasteiger partial charge in [0.15, 0.2) is 6.61 Å². The second kappa shape index (κ2) is 9.46. The maximum absolute atomic E-state index is 12.4. The Morgan fingerprint density at radius 3 is 2.52 bits per heavy atom. The van der Waals surface area contributed by atoms with Crippen LogP contribution in [-0.2, 0) is 9.53 Å². The molecule has 1 aromatic carbocycles. The van der Waals surface area contributed by atoms with Crippen molar-refractivity contribution in [2.24, 2.45) is 5.92 Å². The molecule has 7 heteroatoms. The molecule has 5 nitrogen and oxygen atoms in total. The highest BCUT2D eigenvalue weighted by molar-refractivity contribution is 6.34. The smallest absolute Gasteiger partial charge is 0.260 e. The minimum absolute atomic E-state index is 0.00175. The van der Waals surface area contributed by atoms with Gasteiger partial charge < -0.3 is 14.4 Å². The molecule has 0 bridgehead atoms. The third-order valence-corrected chi connectivity index (χ3v) is 5.77. The minimum Gasteiger partial charge on any atom is -0.482 e. The molecule has 0 aromatic heterocycles. The highest BCUT2D eigenvalue weighted by atomic mass is 35.5. The van der Waals surface area contributed by atoms with Gasteiger partial charge in [-0.15, -0.1) is 0 Å². The maximum atomic E-state index is 12.4. The molecule has 1 aromatic rings. The number of benzene rings is 1. The molecule has 2 aliphatic heterocycles. The Morgan fingerprint density at radius 1 is 1.19 bits per heavy atom. The maximum Gasteiger partial charge on any atom is 0.260 e. The number of hydrogen-bond donors (Lipinski definition) is 0. The lowest BCUT2D eigenvalue weighted by Crippen LogP contribution is -2.49. The van der Waals surface area contributed by atoms with Gasteiger partial charge in [0.1, 0.15) is 5.75 Å². The van der Waals surface area contributed by atoms with Crippen LogP contribution in [0.5, 0.6) is 5.75 Å². The molecule has 0 aliphatic carbocycles. The topological polar surface area (TPSA) is 42.0 Å². The van der Waals surface area contributed by atoms with Crippen LogP contribution in [0.1, 0.15) is 26.7 Å². The van der Waals surface area contributed by atoms with Crippen LogP contribution in [0.3, 0.4) is 0 Å². The molecule has 150 valence electrons. The SMILES string of the molecule is CC1CN(CC2CCN(C(=O)COc3cc(Cl)ccc3Cl)CC2)CC(C)O1. The van der Waals surface area contributed by atoms with Gasteiger partial charge in [-0.25, -0.2) is 0 Å². The number of hydrogen-bond acceptors (Lipinski definition) is 4. The number of ether oxygens (including phenoxy) is 2. The Balaban J connectivity index is 1.42. The number of morpholine rings is 1. The van der Waals surface area contributed by atoms with Crippen molar-refractivity contribution in [2.75, 3.05) is 39.3 Å². The molecule has 2 atom stereocenters. The Labute approximate surface area is 171 Å². The predicted octanol–water partition coefficient (Wildman–Crippen LogP) is 3.72. The summed E-state index contributed by atoms with van der Waals surface area (Å²) in [7, 11) is 0. The summed E-state index contributed by atoms with van der Waals surface area (Å²) in [6.45, 7) is 8.91. The van der Waals surface area contributed by atoms with Crippen molar-refractivity contribution < 1.29 is 14.3 Å². The fourth-order valence-electron chi connectivity index (χ4n) is 3.98. The number of amides is 1. The third kappa shape index (κ3) is 5.98. The van der Waals surface area contributed by atoms with Crippen molar-refractivity contribution in [2.45, 2.75) is 38.9 Å². The molecule has 2 fully saturated rings. The average Bonchev–Trinajstić information content (AvgIpc) is 2.62. The van der Waals surface area contributed by atoms with E-state index in [1.54, 1.807) is 18.2 Å². The summed E-state index contributed by atoms with van der Waals surface area (Å²) in [6, 6.07) is 5.00. The first-order chi connectivity index (χ1) is 12.9. The summed E-state index contributed by atoms with van der Waals surface area (Å²) in [5, 5.41) is 0.995. The summed E-state index contributed by atoms with van der Waals surface area (Å²) in [5.74, 6) is 1.08. The zero-order valence-corrected chi connectivity index (χ0v) is 17.5. The Hall–Kier alpha value is -1.01. The van der Waals surface area contributed by atoms with Gasteiger partial charge in [-0.05, 0) is 44.7 Å². The van der Waals surface area contributed by atoms with E-state index in [-0.39, 0.29) is 12.5 Å². The van der Waals surface area contributed by atoms with E-state index in [1.807, 2.05) is 4.90 Å². The summed E-state index contributed by atoms with van der Waals surface area (Å²) in [5.41, 5.74) is 0. The molecule has 2 saturated heterocycles. The predicted molar refractivity (Wildman–Crippen MR) is 108 cm³/mol. The number of likely N-dealkylation sites (tertiary alicyclic amines) is 1. The second-order valence-electron chi connectivity index (χ2n) is 7.66. The number of piperidine rings is 1. The zero-order valence-electron chi connectivity index (χ0n) is 16.0. The first-order valence-corrected chi connectivity index (χ1v) is 10.4. The first kappa shape index (κ1) is 20.7. The lowest BCUT2D eigenvalue weighted by molar-refractivity contribution is -0.135. The Morgan fingerprint density at radius 2 is 1.85 bits per heavy atom. The van der Waals surface area contributed by atoms with Gasteiger partial charge in [-0.1, -0.05) is 23.2 Å². The fourth-order valence-corrected chi connectivity index (χ4v) is 4.32. The molecule has 2 heterocycles. The Kier molecular flexibility index (Phi) is 7.26.